The monoisotopic (exact) mass is 385 g/mol. The second kappa shape index (κ2) is 8.43. The fourth-order valence-corrected chi connectivity index (χ4v) is 4.15. The molecule has 2 aromatic rings. The maximum atomic E-state index is 13.0. The van der Waals surface area contributed by atoms with Gasteiger partial charge in [-0.15, -0.1) is 11.8 Å². The molecule has 142 valence electrons. The molecule has 0 radical (unpaired) electrons. The van der Waals surface area contributed by atoms with Crippen LogP contribution in [0.1, 0.15) is 24.2 Å². The highest BCUT2D eigenvalue weighted by atomic mass is 32.2. The number of nitro benzene ring substituents is 1. The molecule has 27 heavy (non-hydrogen) atoms. The first-order chi connectivity index (χ1) is 13.0. The molecule has 0 saturated carbocycles. The molecule has 6 nitrogen and oxygen atoms in total. The summed E-state index contributed by atoms with van der Waals surface area (Å²) in [5.41, 5.74) is 1.46. The molecule has 7 heteroatoms. The zero-order valence-electron chi connectivity index (χ0n) is 15.5. The number of hydrogen-bond donors (Lipinski definition) is 0. The smallest absolute Gasteiger partial charge is 0.292 e. The summed E-state index contributed by atoms with van der Waals surface area (Å²) < 4.78 is 0. The van der Waals surface area contributed by atoms with E-state index in [4.69, 9.17) is 0 Å². The molecule has 0 aromatic heterocycles. The van der Waals surface area contributed by atoms with Gasteiger partial charge in [-0.2, -0.15) is 0 Å². The number of benzene rings is 2. The third kappa shape index (κ3) is 4.42. The topological polar surface area (TPSA) is 66.7 Å². The third-order valence-corrected chi connectivity index (χ3v) is 5.55. The summed E-state index contributed by atoms with van der Waals surface area (Å²) in [7, 11) is 0. The van der Waals surface area contributed by atoms with Crippen molar-refractivity contribution < 1.29 is 9.72 Å². The Hall–Kier alpha value is -2.54. The summed E-state index contributed by atoms with van der Waals surface area (Å²) in [6, 6.07) is 14.5. The second-order valence-corrected chi connectivity index (χ2v) is 8.31. The zero-order chi connectivity index (χ0) is 19.4. The molecule has 1 heterocycles. The lowest BCUT2D eigenvalue weighted by Crippen LogP contribution is -2.49. The predicted molar refractivity (Wildman–Crippen MR) is 109 cm³/mol. The Morgan fingerprint density at radius 1 is 1.04 bits per heavy atom. The van der Waals surface area contributed by atoms with Crippen molar-refractivity contribution in [1.29, 1.82) is 0 Å². The molecule has 1 saturated heterocycles. The molecule has 0 spiro atoms. The Bertz CT molecular complexity index is 833. The highest BCUT2D eigenvalue weighted by Gasteiger charge is 2.27. The van der Waals surface area contributed by atoms with E-state index < -0.39 is 0 Å². The lowest BCUT2D eigenvalue weighted by molar-refractivity contribution is -0.384. The maximum Gasteiger partial charge on any atom is 0.292 e. The number of carbonyl (C=O) groups excluding carboxylic acids is 1. The van der Waals surface area contributed by atoms with E-state index in [1.165, 1.54) is 6.07 Å². The minimum Gasteiger partial charge on any atom is -0.362 e. The number of hydrogen-bond acceptors (Lipinski definition) is 5. The van der Waals surface area contributed by atoms with Gasteiger partial charge in [0.25, 0.3) is 11.6 Å². The second-order valence-electron chi connectivity index (χ2n) is 6.69. The standard InChI is InChI=1S/C20H23N3O3S/c1-15(2)27-19-10-6-3-7-16(19)20(24)22-13-11-21(12-14-22)17-8-4-5-9-18(17)23(25)26/h3-10,15H,11-14H2,1-2H3. The summed E-state index contributed by atoms with van der Waals surface area (Å²) >= 11 is 1.69. The van der Waals surface area contributed by atoms with E-state index in [9.17, 15) is 14.9 Å². The van der Waals surface area contributed by atoms with Gasteiger partial charge in [0.1, 0.15) is 5.69 Å². The van der Waals surface area contributed by atoms with Crippen LogP contribution in [0, 0.1) is 10.1 Å². The quantitative estimate of drug-likeness (QED) is 0.441. The van der Waals surface area contributed by atoms with E-state index in [1.807, 2.05) is 34.1 Å². The summed E-state index contributed by atoms with van der Waals surface area (Å²) in [6.45, 7) is 6.47. The number of thioether (sulfide) groups is 1. The van der Waals surface area contributed by atoms with Crippen LogP contribution in [0.5, 0.6) is 0 Å². The normalized spacial score (nSPS) is 14.5. The lowest BCUT2D eigenvalue weighted by atomic mass is 10.1. The van der Waals surface area contributed by atoms with E-state index in [0.717, 1.165) is 10.5 Å². The summed E-state index contributed by atoms with van der Waals surface area (Å²) in [6.07, 6.45) is 0. The van der Waals surface area contributed by atoms with E-state index in [2.05, 4.69) is 13.8 Å². The number of nitrogens with zero attached hydrogens (tertiary/aromatic N) is 3. The molecule has 1 aliphatic rings. The summed E-state index contributed by atoms with van der Waals surface area (Å²) in [5, 5.41) is 11.7. The molecule has 0 aliphatic carbocycles. The first kappa shape index (κ1) is 19.2. The van der Waals surface area contributed by atoms with Gasteiger partial charge in [0.2, 0.25) is 0 Å². The van der Waals surface area contributed by atoms with Crippen molar-refractivity contribution in [2.45, 2.75) is 24.0 Å². The molecule has 3 rings (SSSR count). The van der Waals surface area contributed by atoms with E-state index in [-0.39, 0.29) is 16.5 Å². The van der Waals surface area contributed by atoms with Gasteiger partial charge < -0.3 is 9.80 Å². The lowest BCUT2D eigenvalue weighted by Gasteiger charge is -2.36. The average molecular weight is 385 g/mol. The van der Waals surface area contributed by atoms with Crippen LogP contribution in [-0.2, 0) is 0 Å². The largest absolute Gasteiger partial charge is 0.362 e. The number of anilines is 1. The van der Waals surface area contributed by atoms with Crippen molar-refractivity contribution in [2.24, 2.45) is 0 Å². The van der Waals surface area contributed by atoms with Gasteiger partial charge in [-0.05, 0) is 18.2 Å². The zero-order valence-corrected chi connectivity index (χ0v) is 16.3. The van der Waals surface area contributed by atoms with Crippen LogP contribution in [0.2, 0.25) is 0 Å². The first-order valence-electron chi connectivity index (χ1n) is 9.00. The van der Waals surface area contributed by atoms with Crippen LogP contribution in [-0.4, -0.2) is 47.2 Å². The molecular weight excluding hydrogens is 362 g/mol. The number of para-hydroxylation sites is 2. The van der Waals surface area contributed by atoms with Crippen molar-refractivity contribution >= 4 is 29.0 Å². The van der Waals surface area contributed by atoms with Gasteiger partial charge >= 0.3 is 0 Å². The minimum absolute atomic E-state index is 0.0287. The van der Waals surface area contributed by atoms with E-state index in [1.54, 1.807) is 30.0 Å². The summed E-state index contributed by atoms with van der Waals surface area (Å²) in [5.74, 6) is 0.0287. The van der Waals surface area contributed by atoms with Gasteiger partial charge in [-0.25, -0.2) is 0 Å². The van der Waals surface area contributed by atoms with Crippen LogP contribution in [0.25, 0.3) is 0 Å². The number of rotatable bonds is 5. The predicted octanol–water partition coefficient (Wildman–Crippen LogP) is 4.06. The van der Waals surface area contributed by atoms with Crippen LogP contribution >= 0.6 is 11.8 Å². The molecule has 0 unspecified atom stereocenters. The SMILES string of the molecule is CC(C)Sc1ccccc1C(=O)N1CCN(c2ccccc2[N+](=O)[O-])CC1. The number of nitro groups is 1. The Balaban J connectivity index is 1.72. The van der Waals surface area contributed by atoms with E-state index in [0.29, 0.717) is 37.1 Å². The number of piperazine rings is 1. The van der Waals surface area contributed by atoms with Crippen molar-refractivity contribution in [2.75, 3.05) is 31.1 Å². The van der Waals surface area contributed by atoms with E-state index >= 15 is 0 Å². The molecule has 0 bridgehead atoms. The van der Waals surface area contributed by atoms with Gasteiger partial charge in [0.05, 0.1) is 10.5 Å². The van der Waals surface area contributed by atoms with Crippen molar-refractivity contribution in [3.8, 4) is 0 Å². The van der Waals surface area contributed by atoms with Gasteiger partial charge in [0, 0.05) is 42.4 Å². The highest BCUT2D eigenvalue weighted by Crippen LogP contribution is 2.30. The molecule has 1 fully saturated rings. The van der Waals surface area contributed by atoms with Crippen molar-refractivity contribution in [3.63, 3.8) is 0 Å². The summed E-state index contributed by atoms with van der Waals surface area (Å²) in [4.78, 5) is 28.7. The van der Waals surface area contributed by atoms with Crippen LogP contribution < -0.4 is 4.90 Å². The van der Waals surface area contributed by atoms with Gasteiger partial charge in [-0.1, -0.05) is 38.1 Å². The molecule has 1 amide bonds. The van der Waals surface area contributed by atoms with Crippen LogP contribution in [0.15, 0.2) is 53.4 Å². The Morgan fingerprint density at radius 2 is 1.67 bits per heavy atom. The Kier molecular flexibility index (Phi) is 6.01. The van der Waals surface area contributed by atoms with Crippen LogP contribution in [0.3, 0.4) is 0 Å². The van der Waals surface area contributed by atoms with Gasteiger partial charge in [0.15, 0.2) is 0 Å². The fourth-order valence-electron chi connectivity index (χ4n) is 3.21. The maximum absolute atomic E-state index is 13.0. The number of carbonyl (C=O) groups is 1. The van der Waals surface area contributed by atoms with Gasteiger partial charge in [-0.3, -0.25) is 14.9 Å². The molecular formula is C20H23N3O3S. The molecule has 0 N–H and O–H groups in total. The fraction of sp³-hybridized carbons (Fsp3) is 0.350. The van der Waals surface area contributed by atoms with Crippen LogP contribution in [0.4, 0.5) is 11.4 Å². The molecule has 1 aliphatic heterocycles. The third-order valence-electron chi connectivity index (χ3n) is 4.47. The average Bonchev–Trinajstić information content (AvgIpc) is 2.67. The molecule has 2 aromatic carbocycles. The Morgan fingerprint density at radius 3 is 2.33 bits per heavy atom. The highest BCUT2D eigenvalue weighted by molar-refractivity contribution is 8.00. The van der Waals surface area contributed by atoms with Crippen molar-refractivity contribution in [1.82, 2.24) is 4.90 Å². The first-order valence-corrected chi connectivity index (χ1v) is 9.88. The molecule has 0 atom stereocenters. The number of amides is 1. The Labute approximate surface area is 163 Å². The minimum atomic E-state index is -0.355. The van der Waals surface area contributed by atoms with Crippen molar-refractivity contribution in [3.05, 3.63) is 64.2 Å².